The van der Waals surface area contributed by atoms with Gasteiger partial charge in [-0.2, -0.15) is 0 Å². The molecular weight excluding hydrogens is 286 g/mol. The highest BCUT2D eigenvalue weighted by Crippen LogP contribution is 2.27. The number of aromatic nitrogens is 3. The number of halogens is 1. The largest absolute Gasteiger partial charge is 0.217 e. The van der Waals surface area contributed by atoms with Crippen LogP contribution >= 0.6 is 27.3 Å². The van der Waals surface area contributed by atoms with Crippen molar-refractivity contribution in [1.82, 2.24) is 14.6 Å². The van der Waals surface area contributed by atoms with E-state index < -0.39 is 0 Å². The number of hydrogen-bond donors (Lipinski definition) is 0. The Kier molecular flexibility index (Phi) is 2.29. The summed E-state index contributed by atoms with van der Waals surface area (Å²) in [6, 6.07) is 10.2. The fourth-order valence-electron chi connectivity index (χ4n) is 1.70. The van der Waals surface area contributed by atoms with Crippen molar-refractivity contribution in [2.45, 2.75) is 6.92 Å². The van der Waals surface area contributed by atoms with E-state index in [1.54, 1.807) is 0 Å². The highest BCUT2D eigenvalue weighted by molar-refractivity contribution is 9.11. The van der Waals surface area contributed by atoms with E-state index in [-0.39, 0.29) is 0 Å². The molecule has 2 aromatic heterocycles. The van der Waals surface area contributed by atoms with Gasteiger partial charge >= 0.3 is 0 Å². The Bertz CT molecular complexity index is 642. The minimum atomic E-state index is 0.859. The van der Waals surface area contributed by atoms with Gasteiger partial charge in [-0.25, -0.2) is 9.50 Å². The first-order chi connectivity index (χ1) is 7.75. The van der Waals surface area contributed by atoms with E-state index in [0.29, 0.717) is 0 Å². The summed E-state index contributed by atoms with van der Waals surface area (Å²) in [6.07, 6.45) is 0. The smallest absolute Gasteiger partial charge is 0.213 e. The number of imidazole rings is 1. The fourth-order valence-corrected chi connectivity index (χ4v) is 2.96. The molecule has 0 aliphatic heterocycles. The van der Waals surface area contributed by atoms with E-state index in [4.69, 9.17) is 0 Å². The number of benzene rings is 1. The maximum absolute atomic E-state index is 4.59. The average molecular weight is 294 g/mol. The van der Waals surface area contributed by atoms with Crippen LogP contribution in [0, 0.1) is 6.92 Å². The van der Waals surface area contributed by atoms with Gasteiger partial charge < -0.3 is 0 Å². The number of aryl methyl sites for hydroxylation is 1. The Balaban J connectivity index is 2.25. The van der Waals surface area contributed by atoms with Crippen LogP contribution in [0.4, 0.5) is 0 Å². The van der Waals surface area contributed by atoms with Crippen LogP contribution in [0.5, 0.6) is 0 Å². The quantitative estimate of drug-likeness (QED) is 0.687. The molecular formula is C11H8BrN3S. The van der Waals surface area contributed by atoms with Crippen molar-refractivity contribution in [3.8, 4) is 11.3 Å². The van der Waals surface area contributed by atoms with Gasteiger partial charge in [0.2, 0.25) is 4.96 Å². The second kappa shape index (κ2) is 3.68. The molecule has 0 spiro atoms. The molecule has 0 saturated carbocycles. The molecule has 1 aromatic carbocycles. The van der Waals surface area contributed by atoms with Gasteiger partial charge in [-0.3, -0.25) is 0 Å². The second-order valence-corrected chi connectivity index (χ2v) is 5.69. The topological polar surface area (TPSA) is 30.2 Å². The molecule has 0 saturated heterocycles. The molecule has 0 unspecified atom stereocenters. The molecule has 0 radical (unpaired) electrons. The molecule has 0 aliphatic carbocycles. The molecule has 0 bridgehead atoms. The molecule has 0 fully saturated rings. The SMILES string of the molecule is Cc1c(-c2ccccc2)nc2sc(Br)nn12. The standard InChI is InChI=1S/C11H8BrN3S/c1-7-9(8-5-3-2-4-6-8)13-11-15(7)14-10(12)16-11/h2-6H,1H3. The Morgan fingerprint density at radius 3 is 2.69 bits per heavy atom. The van der Waals surface area contributed by atoms with Crippen molar-refractivity contribution in [3.63, 3.8) is 0 Å². The van der Waals surface area contributed by atoms with E-state index in [2.05, 4.69) is 38.1 Å². The highest BCUT2D eigenvalue weighted by atomic mass is 79.9. The monoisotopic (exact) mass is 293 g/mol. The lowest BCUT2D eigenvalue weighted by Crippen LogP contribution is -1.87. The summed E-state index contributed by atoms with van der Waals surface area (Å²) in [5.74, 6) is 0. The maximum Gasteiger partial charge on any atom is 0.213 e. The Hall–Kier alpha value is -1.20. The van der Waals surface area contributed by atoms with E-state index in [1.165, 1.54) is 11.3 Å². The van der Waals surface area contributed by atoms with E-state index >= 15 is 0 Å². The van der Waals surface area contributed by atoms with E-state index in [1.807, 2.05) is 29.6 Å². The fraction of sp³-hybridized carbons (Fsp3) is 0.0909. The zero-order chi connectivity index (χ0) is 11.1. The Labute approximate surface area is 105 Å². The maximum atomic E-state index is 4.59. The minimum absolute atomic E-state index is 0.859. The van der Waals surface area contributed by atoms with Crippen molar-refractivity contribution >= 4 is 32.2 Å². The van der Waals surface area contributed by atoms with Gasteiger partial charge in [-0.15, -0.1) is 5.10 Å². The second-order valence-electron chi connectivity index (χ2n) is 3.46. The third-order valence-corrected chi connectivity index (χ3v) is 3.79. The lowest BCUT2D eigenvalue weighted by molar-refractivity contribution is 0.919. The van der Waals surface area contributed by atoms with Crippen molar-refractivity contribution in [3.05, 3.63) is 39.9 Å². The Morgan fingerprint density at radius 1 is 1.25 bits per heavy atom. The summed E-state index contributed by atoms with van der Waals surface area (Å²) in [7, 11) is 0. The summed E-state index contributed by atoms with van der Waals surface area (Å²) in [4.78, 5) is 5.51. The van der Waals surface area contributed by atoms with Crippen LogP contribution in [-0.4, -0.2) is 14.6 Å². The minimum Gasteiger partial charge on any atom is -0.217 e. The summed E-state index contributed by atoms with van der Waals surface area (Å²) in [6.45, 7) is 2.04. The number of rotatable bonds is 1. The van der Waals surface area contributed by atoms with Gasteiger partial charge in [0.05, 0.1) is 11.4 Å². The van der Waals surface area contributed by atoms with Gasteiger partial charge in [-0.05, 0) is 22.9 Å². The van der Waals surface area contributed by atoms with E-state index in [9.17, 15) is 0 Å². The van der Waals surface area contributed by atoms with Gasteiger partial charge in [0.1, 0.15) is 0 Å². The molecule has 0 amide bonds. The summed E-state index contributed by atoms with van der Waals surface area (Å²) >= 11 is 4.90. The number of nitrogens with zero attached hydrogens (tertiary/aromatic N) is 3. The van der Waals surface area contributed by atoms with Crippen LogP contribution in [0.3, 0.4) is 0 Å². The van der Waals surface area contributed by atoms with Crippen LogP contribution in [0.15, 0.2) is 34.2 Å². The lowest BCUT2D eigenvalue weighted by atomic mass is 10.1. The normalized spacial score (nSPS) is 11.1. The van der Waals surface area contributed by atoms with Crippen LogP contribution in [-0.2, 0) is 0 Å². The third kappa shape index (κ3) is 1.47. The van der Waals surface area contributed by atoms with E-state index in [0.717, 1.165) is 25.8 Å². The molecule has 0 atom stereocenters. The zero-order valence-electron chi connectivity index (χ0n) is 8.51. The van der Waals surface area contributed by atoms with Gasteiger partial charge in [-0.1, -0.05) is 41.7 Å². The third-order valence-electron chi connectivity index (χ3n) is 2.45. The number of hydrogen-bond acceptors (Lipinski definition) is 3. The summed E-state index contributed by atoms with van der Waals surface area (Å²) < 4.78 is 2.73. The molecule has 0 aliphatic rings. The summed E-state index contributed by atoms with van der Waals surface area (Å²) in [5.41, 5.74) is 3.21. The first-order valence-corrected chi connectivity index (χ1v) is 6.44. The van der Waals surface area contributed by atoms with Gasteiger partial charge in [0.15, 0.2) is 3.92 Å². The van der Waals surface area contributed by atoms with Gasteiger partial charge in [0.25, 0.3) is 0 Å². The first-order valence-electron chi connectivity index (χ1n) is 4.83. The molecule has 16 heavy (non-hydrogen) atoms. The van der Waals surface area contributed by atoms with Crippen molar-refractivity contribution in [2.75, 3.05) is 0 Å². The van der Waals surface area contributed by atoms with Crippen LogP contribution in [0.1, 0.15) is 5.69 Å². The lowest BCUT2D eigenvalue weighted by Gasteiger charge is -1.97. The number of fused-ring (bicyclic) bond motifs is 1. The molecule has 5 heteroatoms. The van der Waals surface area contributed by atoms with Crippen molar-refractivity contribution < 1.29 is 0 Å². The molecule has 3 aromatic rings. The predicted molar refractivity (Wildman–Crippen MR) is 68.7 cm³/mol. The van der Waals surface area contributed by atoms with Crippen LogP contribution in [0.2, 0.25) is 0 Å². The molecule has 2 heterocycles. The van der Waals surface area contributed by atoms with Crippen LogP contribution in [0.25, 0.3) is 16.2 Å². The molecule has 80 valence electrons. The van der Waals surface area contributed by atoms with Gasteiger partial charge in [0, 0.05) is 5.56 Å². The molecule has 3 rings (SSSR count). The predicted octanol–water partition coefficient (Wildman–Crippen LogP) is 3.53. The van der Waals surface area contributed by atoms with Crippen molar-refractivity contribution in [1.29, 1.82) is 0 Å². The first kappa shape index (κ1) is 9.99. The summed E-state index contributed by atoms with van der Waals surface area (Å²) in [5, 5.41) is 4.35. The zero-order valence-corrected chi connectivity index (χ0v) is 10.9. The Morgan fingerprint density at radius 2 is 2.00 bits per heavy atom. The average Bonchev–Trinajstić information content (AvgIpc) is 2.79. The molecule has 0 N–H and O–H groups in total. The van der Waals surface area contributed by atoms with Crippen LogP contribution < -0.4 is 0 Å². The van der Waals surface area contributed by atoms with Crippen molar-refractivity contribution in [2.24, 2.45) is 0 Å². The highest BCUT2D eigenvalue weighted by Gasteiger charge is 2.13. The molecule has 3 nitrogen and oxygen atoms in total.